The number of carbonyl (C=O) groups excluding carboxylic acids is 2. The van der Waals surface area contributed by atoms with Crippen LogP contribution in [0.2, 0.25) is 0 Å². The Morgan fingerprint density at radius 2 is 1.25 bits per heavy atom. The van der Waals surface area contributed by atoms with E-state index in [0.29, 0.717) is 28.5 Å². The second-order valence-corrected chi connectivity index (χ2v) is 19.1. The van der Waals surface area contributed by atoms with Crippen molar-refractivity contribution in [2.24, 2.45) is 0 Å². The molecule has 2 saturated heterocycles. The molecule has 6 aliphatic rings. The van der Waals surface area contributed by atoms with Crippen LogP contribution in [-0.4, -0.2) is 97.1 Å². The van der Waals surface area contributed by atoms with Gasteiger partial charge in [-0.05, 0) is 52.7 Å². The molecule has 4 amide bonds. The third kappa shape index (κ3) is 6.83. The van der Waals surface area contributed by atoms with Crippen molar-refractivity contribution in [1.29, 1.82) is 0 Å². The Morgan fingerprint density at radius 3 is 1.76 bits per heavy atom. The lowest BCUT2D eigenvalue weighted by molar-refractivity contribution is -0.138. The summed E-state index contributed by atoms with van der Waals surface area (Å²) in [4.78, 5) is 66.1. The SMILES string of the molecule is CC(C)(C)O[C@@H]1C[C@@H](C(=O)[N+]2(c3oc([N+]4(C(=O)[C@]5(Cc6ccccc6)C[C@@H](OC(C)(C)C)CN5C(=O)O)C5=CC=C4C=C5)nc3Cc3ccccc3)C3=CC=C2C=C3)N(C(=O)O)C1. The molecule has 0 unspecified atom stereocenters. The minimum Gasteiger partial charge on any atom is -0.465 e. The number of amides is 4. The molecule has 6 aliphatic heterocycles. The molecule has 2 aromatic carbocycles. The van der Waals surface area contributed by atoms with Gasteiger partial charge in [-0.2, -0.15) is 4.98 Å². The van der Waals surface area contributed by atoms with E-state index in [0.717, 1.165) is 16.0 Å². The fourth-order valence-corrected chi connectivity index (χ4v) is 10.4. The maximum atomic E-state index is 16.4. The molecular weight excluding hydrogens is 803 g/mol. The third-order valence-corrected chi connectivity index (χ3v) is 12.6. The molecule has 0 saturated carbocycles. The fraction of sp³-hybridized carbons (Fsp3) is 0.367. The number of ether oxygens (including phenoxy) is 2. The zero-order valence-electron chi connectivity index (χ0n) is 36.4. The summed E-state index contributed by atoms with van der Waals surface area (Å²) < 4.78 is 18.6. The number of hydrogen-bond acceptors (Lipinski definition) is 8. The number of rotatable bonds is 10. The number of quaternary nitrogens is 2. The van der Waals surface area contributed by atoms with E-state index >= 15 is 9.59 Å². The van der Waals surface area contributed by atoms with Crippen LogP contribution in [0.4, 0.5) is 21.5 Å². The van der Waals surface area contributed by atoms with Crippen molar-refractivity contribution >= 4 is 35.9 Å². The molecule has 14 heteroatoms. The Hall–Kier alpha value is -6.19. The quantitative estimate of drug-likeness (QED) is 0.191. The van der Waals surface area contributed by atoms with Crippen molar-refractivity contribution in [3.63, 3.8) is 0 Å². The molecule has 4 bridgehead atoms. The van der Waals surface area contributed by atoms with Gasteiger partial charge in [0.25, 0.3) is 0 Å². The minimum atomic E-state index is -1.68. The number of hydrogen-bond donors (Lipinski definition) is 2. The van der Waals surface area contributed by atoms with Crippen LogP contribution in [0.5, 0.6) is 0 Å². The molecule has 326 valence electrons. The number of likely N-dealkylation sites (tertiary alicyclic amines) is 2. The van der Waals surface area contributed by atoms with Crippen LogP contribution < -0.4 is 8.97 Å². The average Bonchev–Trinajstić information content (AvgIpc) is 4.11. The second-order valence-electron chi connectivity index (χ2n) is 19.1. The lowest BCUT2D eigenvalue weighted by Gasteiger charge is -2.39. The van der Waals surface area contributed by atoms with Gasteiger partial charge in [0.05, 0.1) is 36.5 Å². The Morgan fingerprint density at radius 1 is 0.730 bits per heavy atom. The topological polar surface area (TPSA) is 160 Å². The van der Waals surface area contributed by atoms with Crippen LogP contribution in [0, 0.1) is 0 Å². The molecule has 4 atom stereocenters. The maximum absolute atomic E-state index is 16.4. The molecule has 0 radical (unpaired) electrons. The number of carboxylic acid groups (broad SMARTS) is 2. The highest BCUT2D eigenvalue weighted by molar-refractivity contribution is 6.05. The normalized spacial score (nSPS) is 25.1. The van der Waals surface area contributed by atoms with E-state index in [4.69, 9.17) is 18.9 Å². The predicted octanol–water partition coefficient (Wildman–Crippen LogP) is 8.12. The van der Waals surface area contributed by atoms with Crippen molar-refractivity contribution in [2.75, 3.05) is 13.1 Å². The number of carbonyl (C=O) groups is 4. The van der Waals surface area contributed by atoms with Crippen LogP contribution in [0.1, 0.15) is 71.2 Å². The molecule has 0 spiro atoms. The number of aromatic nitrogens is 1. The van der Waals surface area contributed by atoms with E-state index < -0.39 is 68.0 Å². The highest BCUT2D eigenvalue weighted by atomic mass is 16.5. The molecule has 2 fully saturated rings. The van der Waals surface area contributed by atoms with Crippen molar-refractivity contribution in [1.82, 2.24) is 23.7 Å². The molecule has 7 heterocycles. The van der Waals surface area contributed by atoms with Gasteiger partial charge in [0.1, 0.15) is 0 Å². The molecule has 14 nitrogen and oxygen atoms in total. The molecule has 9 rings (SSSR count). The summed E-state index contributed by atoms with van der Waals surface area (Å²) in [6.07, 6.45) is 11.3. The van der Waals surface area contributed by atoms with E-state index in [1.807, 2.05) is 151 Å². The van der Waals surface area contributed by atoms with Crippen LogP contribution in [0.25, 0.3) is 0 Å². The Balaban J connectivity index is 1.24. The van der Waals surface area contributed by atoms with Crippen molar-refractivity contribution < 1.29 is 43.3 Å². The van der Waals surface area contributed by atoms with Crippen molar-refractivity contribution in [3.05, 3.63) is 149 Å². The smallest absolute Gasteiger partial charge is 0.427 e. The van der Waals surface area contributed by atoms with Crippen molar-refractivity contribution in [3.8, 4) is 0 Å². The van der Waals surface area contributed by atoms with E-state index in [9.17, 15) is 19.8 Å². The molecule has 63 heavy (non-hydrogen) atoms. The first-order valence-corrected chi connectivity index (χ1v) is 21.4. The average molecular weight is 856 g/mol. The number of fused-ring (bicyclic) bond motifs is 4. The number of oxazole rings is 1. The summed E-state index contributed by atoms with van der Waals surface area (Å²) in [5.41, 5.74) is 1.13. The first-order chi connectivity index (χ1) is 29.9. The first kappa shape index (κ1) is 42.1. The Bertz CT molecular complexity index is 2550. The van der Waals surface area contributed by atoms with E-state index in [1.54, 1.807) is 0 Å². The Kier molecular flexibility index (Phi) is 10.0. The highest BCUT2D eigenvalue weighted by Gasteiger charge is 2.69. The summed E-state index contributed by atoms with van der Waals surface area (Å²) in [7, 11) is 0. The lowest BCUT2D eigenvalue weighted by atomic mass is 9.85. The second kappa shape index (κ2) is 15.0. The summed E-state index contributed by atoms with van der Waals surface area (Å²) in [6.45, 7) is 11.3. The molecule has 3 aromatic rings. The van der Waals surface area contributed by atoms with Gasteiger partial charge >= 0.3 is 35.9 Å². The van der Waals surface area contributed by atoms with Gasteiger partial charge in [-0.3, -0.25) is 9.80 Å². The summed E-state index contributed by atoms with van der Waals surface area (Å²) in [5.74, 6) is -0.847. The van der Waals surface area contributed by atoms with Gasteiger partial charge in [0.15, 0.2) is 40.1 Å². The van der Waals surface area contributed by atoms with Crippen LogP contribution in [0.3, 0.4) is 0 Å². The molecule has 1 aromatic heterocycles. The molecule has 2 N–H and O–H groups in total. The van der Waals surface area contributed by atoms with Crippen LogP contribution in [-0.2, 0) is 31.9 Å². The summed E-state index contributed by atoms with van der Waals surface area (Å²) >= 11 is 0. The maximum Gasteiger partial charge on any atom is 0.427 e. The molecular formula is C49H53N5O9+2. The van der Waals surface area contributed by atoms with Gasteiger partial charge in [0.2, 0.25) is 0 Å². The summed E-state index contributed by atoms with van der Waals surface area (Å²) in [6, 6.07) is 17.7. The van der Waals surface area contributed by atoms with Gasteiger partial charge in [-0.1, -0.05) is 60.7 Å². The third-order valence-electron chi connectivity index (χ3n) is 12.6. The number of allylic oxidation sites excluding steroid dienone is 8. The largest absolute Gasteiger partial charge is 0.465 e. The molecule has 0 aliphatic carbocycles. The monoisotopic (exact) mass is 855 g/mol. The van der Waals surface area contributed by atoms with E-state index in [2.05, 4.69) is 0 Å². The standard InChI is InChI=1S/C49H51N5O9/c1-47(2,3)62-37-26-40(51(29-37)45(57)58)41(55)53(33-17-18-34(53)20-19-33)42-39(25-31-13-9-7-10-14-31)50-44(61-42)54(35-21-22-36(54)24-23-35)43(56)49(27-32-15-11-8-12-16-32)28-38(63-48(4,5)6)30-52(49)46(59)60/h7-24,37-38,40H,25-30H2,1-6H3/p+2/t37-,38-,40+,49+/m1/s1. The van der Waals surface area contributed by atoms with Gasteiger partial charge in [0, 0.05) is 74.3 Å². The van der Waals surface area contributed by atoms with Gasteiger partial charge in [-0.25, -0.2) is 19.2 Å². The fourth-order valence-electron chi connectivity index (χ4n) is 10.4. The lowest BCUT2D eigenvalue weighted by Crippen LogP contribution is -2.65. The first-order valence-electron chi connectivity index (χ1n) is 21.4. The predicted molar refractivity (Wildman–Crippen MR) is 235 cm³/mol. The Labute approximate surface area is 366 Å². The van der Waals surface area contributed by atoms with E-state index in [1.165, 1.54) is 4.90 Å². The van der Waals surface area contributed by atoms with Gasteiger partial charge < -0.3 is 24.1 Å². The number of nitrogens with zero attached hydrogens (tertiary/aromatic N) is 5. The zero-order chi connectivity index (χ0) is 44.7. The summed E-state index contributed by atoms with van der Waals surface area (Å²) in [5, 5.41) is 21.6. The highest BCUT2D eigenvalue weighted by Crippen LogP contribution is 2.54. The van der Waals surface area contributed by atoms with Gasteiger partial charge in [-0.15, -0.1) is 8.97 Å². The van der Waals surface area contributed by atoms with Crippen LogP contribution >= 0.6 is 0 Å². The zero-order valence-corrected chi connectivity index (χ0v) is 36.4. The number of benzene rings is 2. The van der Waals surface area contributed by atoms with Crippen molar-refractivity contribution in [2.45, 2.75) is 102 Å². The van der Waals surface area contributed by atoms with E-state index in [-0.39, 0.29) is 50.7 Å². The van der Waals surface area contributed by atoms with Crippen LogP contribution in [0.15, 0.2) is 136 Å². The minimum absolute atomic E-state index is 0.000954.